The quantitative estimate of drug-likeness (QED) is 0.808. The van der Waals surface area contributed by atoms with Gasteiger partial charge in [-0.2, -0.15) is 0 Å². The summed E-state index contributed by atoms with van der Waals surface area (Å²) in [7, 11) is 1.52. The van der Waals surface area contributed by atoms with Crippen LogP contribution >= 0.6 is 0 Å². The van der Waals surface area contributed by atoms with Crippen molar-refractivity contribution in [3.63, 3.8) is 0 Å². The highest BCUT2D eigenvalue weighted by atomic mass is 16.5. The van der Waals surface area contributed by atoms with E-state index in [4.69, 9.17) is 9.84 Å². The zero-order valence-electron chi connectivity index (χ0n) is 9.65. The average Bonchev–Trinajstić information content (AvgIpc) is 2.84. The second-order valence-corrected chi connectivity index (χ2v) is 3.45. The Morgan fingerprint density at radius 1 is 1.56 bits per heavy atom. The van der Waals surface area contributed by atoms with Crippen molar-refractivity contribution in [2.45, 2.75) is 13.0 Å². The lowest BCUT2D eigenvalue weighted by atomic mass is 10.2. The maximum atomic E-state index is 10.5. The maximum Gasteiger partial charge on any atom is 0.305 e. The Kier molecular flexibility index (Phi) is 3.46. The lowest BCUT2D eigenvalue weighted by molar-refractivity contribution is -0.137. The Hall–Kier alpha value is -2.51. The van der Waals surface area contributed by atoms with Crippen LogP contribution in [-0.2, 0) is 11.3 Å². The molecule has 0 fully saturated rings. The molecule has 8 heteroatoms. The smallest absolute Gasteiger partial charge is 0.305 e. The number of carboxylic acid groups (broad SMARTS) is 1. The van der Waals surface area contributed by atoms with Crippen LogP contribution in [0.15, 0.2) is 18.5 Å². The van der Waals surface area contributed by atoms with E-state index < -0.39 is 5.97 Å². The molecule has 0 aliphatic rings. The van der Waals surface area contributed by atoms with Crippen LogP contribution in [0.3, 0.4) is 0 Å². The Bertz CT molecular complexity index is 554. The highest BCUT2D eigenvalue weighted by Crippen LogP contribution is 2.26. The normalized spacial score (nSPS) is 10.3. The van der Waals surface area contributed by atoms with E-state index in [0.717, 1.165) is 0 Å². The number of ether oxygens (including phenoxy) is 1. The van der Waals surface area contributed by atoms with Crippen molar-refractivity contribution in [3.8, 4) is 17.1 Å². The van der Waals surface area contributed by atoms with Crippen LogP contribution in [0, 0.1) is 0 Å². The van der Waals surface area contributed by atoms with E-state index in [1.54, 1.807) is 18.5 Å². The van der Waals surface area contributed by atoms with E-state index in [2.05, 4.69) is 20.5 Å². The number of aliphatic carboxylic acids is 1. The number of rotatable bonds is 5. The SMILES string of the molecule is COc1cnccc1-c1nnnn1CCC(=O)O. The molecule has 94 valence electrons. The zero-order chi connectivity index (χ0) is 13.0. The highest BCUT2D eigenvalue weighted by Gasteiger charge is 2.14. The van der Waals surface area contributed by atoms with Gasteiger partial charge in [0.1, 0.15) is 5.75 Å². The minimum absolute atomic E-state index is 0.0502. The first kappa shape index (κ1) is 12.0. The third-order valence-electron chi connectivity index (χ3n) is 2.31. The Morgan fingerprint density at radius 2 is 2.39 bits per heavy atom. The Morgan fingerprint density at radius 3 is 3.11 bits per heavy atom. The standard InChI is InChI=1S/C10H11N5O3/c1-18-8-6-11-4-2-7(8)10-12-13-14-15(10)5-3-9(16)17/h2,4,6H,3,5H2,1H3,(H,16,17). The molecule has 1 N–H and O–H groups in total. The Balaban J connectivity index is 2.33. The first-order valence-corrected chi connectivity index (χ1v) is 5.18. The molecule has 0 saturated carbocycles. The maximum absolute atomic E-state index is 10.5. The van der Waals surface area contributed by atoms with Crippen LogP contribution in [0.2, 0.25) is 0 Å². The molecule has 0 bridgehead atoms. The summed E-state index contributed by atoms with van der Waals surface area (Å²) in [5.41, 5.74) is 0.669. The summed E-state index contributed by atoms with van der Waals surface area (Å²) in [6.45, 7) is 0.198. The second-order valence-electron chi connectivity index (χ2n) is 3.45. The van der Waals surface area contributed by atoms with Crippen LogP contribution < -0.4 is 4.74 Å². The number of tetrazole rings is 1. The first-order valence-electron chi connectivity index (χ1n) is 5.18. The van der Waals surface area contributed by atoms with Gasteiger partial charge in [0, 0.05) is 6.20 Å². The molecule has 2 aromatic rings. The minimum atomic E-state index is -0.904. The lowest BCUT2D eigenvalue weighted by Gasteiger charge is -2.07. The molecular weight excluding hydrogens is 238 g/mol. The fourth-order valence-electron chi connectivity index (χ4n) is 1.48. The molecule has 18 heavy (non-hydrogen) atoms. The van der Waals surface area contributed by atoms with Crippen LogP contribution in [0.5, 0.6) is 5.75 Å². The third-order valence-corrected chi connectivity index (χ3v) is 2.31. The van der Waals surface area contributed by atoms with Gasteiger partial charge >= 0.3 is 5.97 Å². The molecule has 0 amide bonds. The molecule has 0 aliphatic carbocycles. The summed E-state index contributed by atoms with van der Waals surface area (Å²) in [4.78, 5) is 14.5. The Labute approximate surface area is 102 Å². The molecule has 0 radical (unpaired) electrons. The fraction of sp³-hybridized carbons (Fsp3) is 0.300. The van der Waals surface area contributed by atoms with Crippen molar-refractivity contribution >= 4 is 5.97 Å². The average molecular weight is 249 g/mol. The molecular formula is C10H11N5O3. The number of aryl methyl sites for hydroxylation is 1. The van der Waals surface area contributed by atoms with E-state index in [9.17, 15) is 4.79 Å². The summed E-state index contributed by atoms with van der Waals surface area (Å²) in [5, 5.41) is 19.8. The highest BCUT2D eigenvalue weighted by molar-refractivity contribution is 5.67. The van der Waals surface area contributed by atoms with E-state index in [1.165, 1.54) is 11.8 Å². The van der Waals surface area contributed by atoms with Gasteiger partial charge in [-0.25, -0.2) is 4.68 Å². The van der Waals surface area contributed by atoms with Crippen molar-refractivity contribution in [2.75, 3.05) is 7.11 Å². The number of aromatic nitrogens is 5. The first-order chi connectivity index (χ1) is 8.72. The summed E-state index contributed by atoms with van der Waals surface area (Å²) in [6.07, 6.45) is 3.09. The molecule has 0 aromatic carbocycles. The van der Waals surface area contributed by atoms with Crippen LogP contribution in [0.25, 0.3) is 11.4 Å². The minimum Gasteiger partial charge on any atom is -0.494 e. The van der Waals surface area contributed by atoms with Gasteiger partial charge in [0.25, 0.3) is 0 Å². The molecule has 2 rings (SSSR count). The van der Waals surface area contributed by atoms with Gasteiger partial charge in [-0.1, -0.05) is 0 Å². The van der Waals surface area contributed by atoms with Gasteiger partial charge in [0.2, 0.25) is 0 Å². The lowest BCUT2D eigenvalue weighted by Crippen LogP contribution is -2.08. The van der Waals surface area contributed by atoms with Crippen LogP contribution in [0.1, 0.15) is 6.42 Å². The number of carbonyl (C=O) groups is 1. The molecule has 0 spiro atoms. The largest absolute Gasteiger partial charge is 0.494 e. The second kappa shape index (κ2) is 5.21. The molecule has 0 atom stereocenters. The molecule has 2 aromatic heterocycles. The fourth-order valence-corrected chi connectivity index (χ4v) is 1.48. The number of hydrogen-bond donors (Lipinski definition) is 1. The number of pyridine rings is 1. The van der Waals surface area contributed by atoms with E-state index in [0.29, 0.717) is 17.1 Å². The summed E-state index contributed by atoms with van der Waals surface area (Å²) >= 11 is 0. The zero-order valence-corrected chi connectivity index (χ0v) is 9.65. The molecule has 0 aliphatic heterocycles. The number of hydrogen-bond acceptors (Lipinski definition) is 6. The number of methoxy groups -OCH3 is 1. The number of nitrogens with zero attached hydrogens (tertiary/aromatic N) is 5. The number of carboxylic acids is 1. The molecule has 8 nitrogen and oxygen atoms in total. The molecule has 0 saturated heterocycles. The van der Waals surface area contributed by atoms with Gasteiger partial charge in [-0.3, -0.25) is 9.78 Å². The predicted octanol–water partition coefficient (Wildman–Crippen LogP) is 0.218. The van der Waals surface area contributed by atoms with Gasteiger partial charge in [-0.15, -0.1) is 5.10 Å². The van der Waals surface area contributed by atoms with Gasteiger partial charge < -0.3 is 9.84 Å². The van der Waals surface area contributed by atoms with Crippen molar-refractivity contribution in [1.82, 2.24) is 25.2 Å². The molecule has 0 unspecified atom stereocenters. The van der Waals surface area contributed by atoms with E-state index in [1.807, 2.05) is 0 Å². The predicted molar refractivity (Wildman–Crippen MR) is 59.9 cm³/mol. The van der Waals surface area contributed by atoms with Crippen molar-refractivity contribution in [1.29, 1.82) is 0 Å². The van der Waals surface area contributed by atoms with Crippen LogP contribution in [0.4, 0.5) is 0 Å². The summed E-state index contributed by atoms with van der Waals surface area (Å²) in [6, 6.07) is 1.71. The van der Waals surface area contributed by atoms with E-state index >= 15 is 0 Å². The van der Waals surface area contributed by atoms with Crippen molar-refractivity contribution in [3.05, 3.63) is 18.5 Å². The topological polar surface area (TPSA) is 103 Å². The van der Waals surface area contributed by atoms with Crippen molar-refractivity contribution < 1.29 is 14.6 Å². The van der Waals surface area contributed by atoms with Gasteiger partial charge in [-0.05, 0) is 16.5 Å². The third kappa shape index (κ3) is 2.42. The summed E-state index contributed by atoms with van der Waals surface area (Å²) in [5.74, 6) is 0.0810. The van der Waals surface area contributed by atoms with Gasteiger partial charge in [0.15, 0.2) is 5.82 Å². The van der Waals surface area contributed by atoms with Gasteiger partial charge in [0.05, 0.1) is 31.8 Å². The summed E-state index contributed by atoms with van der Waals surface area (Å²) < 4.78 is 6.58. The van der Waals surface area contributed by atoms with E-state index in [-0.39, 0.29) is 13.0 Å². The molecule has 2 heterocycles. The monoisotopic (exact) mass is 249 g/mol. The van der Waals surface area contributed by atoms with Crippen molar-refractivity contribution in [2.24, 2.45) is 0 Å². The van der Waals surface area contributed by atoms with Crippen LogP contribution in [-0.4, -0.2) is 43.4 Å².